The highest BCUT2D eigenvalue weighted by atomic mass is 16.6. The topological polar surface area (TPSA) is 79.5 Å². The number of furan rings is 1. The van der Waals surface area contributed by atoms with Gasteiger partial charge in [-0.25, -0.2) is 0 Å². The number of hydrogen-bond acceptors (Lipinski definition) is 7. The molecular formula is C15H24O7. The molecule has 5 atom stereocenters. The van der Waals surface area contributed by atoms with Gasteiger partial charge in [-0.15, -0.1) is 0 Å². The summed E-state index contributed by atoms with van der Waals surface area (Å²) in [6.07, 6.45) is -0.748. The van der Waals surface area contributed by atoms with Crippen molar-refractivity contribution in [2.75, 3.05) is 41.7 Å². The van der Waals surface area contributed by atoms with Crippen molar-refractivity contribution in [3.63, 3.8) is 0 Å². The van der Waals surface area contributed by atoms with Crippen molar-refractivity contribution in [3.8, 4) is 0 Å². The van der Waals surface area contributed by atoms with E-state index in [0.717, 1.165) is 0 Å². The van der Waals surface area contributed by atoms with E-state index in [-0.39, 0.29) is 6.61 Å². The molecule has 0 aliphatic carbocycles. The van der Waals surface area contributed by atoms with Crippen LogP contribution in [0.3, 0.4) is 0 Å². The van der Waals surface area contributed by atoms with Crippen LogP contribution in [0, 0.1) is 0 Å². The van der Waals surface area contributed by atoms with Crippen LogP contribution in [-0.2, 0) is 23.7 Å². The van der Waals surface area contributed by atoms with Crippen LogP contribution in [0.5, 0.6) is 0 Å². The highest BCUT2D eigenvalue weighted by molar-refractivity contribution is 5.16. The summed E-state index contributed by atoms with van der Waals surface area (Å²) in [5, 5.41) is 11.1. The molecule has 7 heteroatoms. The highest BCUT2D eigenvalue weighted by Crippen LogP contribution is 2.44. The fourth-order valence-corrected chi connectivity index (χ4v) is 3.00. The molecule has 1 saturated heterocycles. The van der Waals surface area contributed by atoms with Crippen LogP contribution in [-0.4, -0.2) is 70.7 Å². The molecule has 1 aliphatic rings. The average molecular weight is 316 g/mol. The molecule has 0 spiro atoms. The number of rotatable bonds is 8. The largest absolute Gasteiger partial charge is 0.466 e. The maximum Gasteiger partial charge on any atom is 0.150 e. The van der Waals surface area contributed by atoms with Gasteiger partial charge in [0.05, 0.1) is 19.5 Å². The van der Waals surface area contributed by atoms with Gasteiger partial charge in [-0.2, -0.15) is 0 Å². The van der Waals surface area contributed by atoms with Gasteiger partial charge in [0.15, 0.2) is 0 Å². The number of ether oxygens (including phenoxy) is 5. The lowest BCUT2D eigenvalue weighted by atomic mass is 9.88. The fraction of sp³-hybridized carbons (Fsp3) is 0.733. The zero-order valence-corrected chi connectivity index (χ0v) is 13.4. The maximum absolute atomic E-state index is 11.1. The maximum atomic E-state index is 11.1. The molecule has 0 radical (unpaired) electrons. The third-order valence-electron chi connectivity index (χ3n) is 3.97. The third kappa shape index (κ3) is 3.05. The van der Waals surface area contributed by atoms with E-state index < -0.39 is 30.0 Å². The SMILES string of the molecule is COCC(OC)[C@H]1OC(c2ccco2)[C@](O)(COC)[C@H]1OC. The molecule has 2 unspecified atom stereocenters. The standard InChI is InChI=1S/C15H24O7/c1-17-8-11(19-3)12-14(20-4)15(16,9-18-2)13(22-12)10-6-5-7-21-10/h5-7,11-14,16H,8-9H2,1-4H3/t11?,12-,13?,14+,15-/m1/s1. The van der Waals surface area contributed by atoms with Crippen molar-refractivity contribution in [1.29, 1.82) is 0 Å². The van der Waals surface area contributed by atoms with Crippen LogP contribution < -0.4 is 0 Å². The predicted octanol–water partition coefficient (Wildman–Crippen LogP) is 0.773. The lowest BCUT2D eigenvalue weighted by molar-refractivity contribution is -0.133. The lowest BCUT2D eigenvalue weighted by Gasteiger charge is -2.32. The minimum absolute atomic E-state index is 0.0385. The second kappa shape index (κ2) is 7.54. The summed E-state index contributed by atoms with van der Waals surface area (Å²) in [5.41, 5.74) is -1.39. The van der Waals surface area contributed by atoms with E-state index in [2.05, 4.69) is 0 Å². The molecule has 1 aromatic rings. The summed E-state index contributed by atoms with van der Waals surface area (Å²) in [4.78, 5) is 0. The minimum atomic E-state index is -1.39. The Kier molecular flexibility index (Phi) is 5.96. The van der Waals surface area contributed by atoms with Gasteiger partial charge in [-0.1, -0.05) is 0 Å². The fourth-order valence-electron chi connectivity index (χ4n) is 3.00. The van der Waals surface area contributed by atoms with Gasteiger partial charge in [-0.05, 0) is 12.1 Å². The van der Waals surface area contributed by atoms with Crippen molar-refractivity contribution in [2.45, 2.75) is 30.0 Å². The Morgan fingerprint density at radius 3 is 2.55 bits per heavy atom. The molecule has 2 rings (SSSR count). The van der Waals surface area contributed by atoms with Crippen molar-refractivity contribution < 1.29 is 33.2 Å². The first-order chi connectivity index (χ1) is 10.6. The van der Waals surface area contributed by atoms with E-state index in [1.54, 1.807) is 26.4 Å². The van der Waals surface area contributed by atoms with E-state index in [0.29, 0.717) is 12.4 Å². The molecule has 0 bridgehead atoms. The number of hydrogen-bond donors (Lipinski definition) is 1. The van der Waals surface area contributed by atoms with E-state index in [1.165, 1.54) is 20.5 Å². The monoisotopic (exact) mass is 316 g/mol. The molecule has 7 nitrogen and oxygen atoms in total. The minimum Gasteiger partial charge on any atom is -0.466 e. The van der Waals surface area contributed by atoms with E-state index in [1.807, 2.05) is 0 Å². The van der Waals surface area contributed by atoms with Gasteiger partial charge in [-0.3, -0.25) is 0 Å². The summed E-state index contributed by atoms with van der Waals surface area (Å²) in [5.74, 6) is 0.511. The van der Waals surface area contributed by atoms with Crippen molar-refractivity contribution in [1.82, 2.24) is 0 Å². The summed E-state index contributed by atoms with van der Waals surface area (Å²) in [7, 11) is 6.18. The van der Waals surface area contributed by atoms with Crippen LogP contribution in [0.2, 0.25) is 0 Å². The van der Waals surface area contributed by atoms with Crippen LogP contribution in [0.25, 0.3) is 0 Å². The van der Waals surface area contributed by atoms with Gasteiger partial charge in [0, 0.05) is 28.4 Å². The normalized spacial score (nSPS) is 33.2. The van der Waals surface area contributed by atoms with E-state index in [9.17, 15) is 5.11 Å². The van der Waals surface area contributed by atoms with E-state index in [4.69, 9.17) is 28.1 Å². The van der Waals surface area contributed by atoms with Crippen LogP contribution in [0.4, 0.5) is 0 Å². The number of aliphatic hydroxyl groups is 1. The van der Waals surface area contributed by atoms with Crippen molar-refractivity contribution >= 4 is 0 Å². The van der Waals surface area contributed by atoms with Crippen molar-refractivity contribution in [2.24, 2.45) is 0 Å². The Morgan fingerprint density at radius 2 is 2.05 bits per heavy atom. The summed E-state index contributed by atoms with van der Waals surface area (Å²) < 4.78 is 32.7. The Bertz CT molecular complexity index is 435. The Balaban J connectivity index is 2.34. The van der Waals surface area contributed by atoms with Gasteiger partial charge in [0.1, 0.15) is 35.8 Å². The highest BCUT2D eigenvalue weighted by Gasteiger charge is 2.60. The van der Waals surface area contributed by atoms with Crippen LogP contribution in [0.15, 0.2) is 22.8 Å². The summed E-state index contributed by atoms with van der Waals surface area (Å²) >= 11 is 0. The molecule has 2 heterocycles. The zero-order valence-electron chi connectivity index (χ0n) is 13.4. The van der Waals surface area contributed by atoms with Gasteiger partial charge in [0.25, 0.3) is 0 Å². The van der Waals surface area contributed by atoms with Crippen LogP contribution >= 0.6 is 0 Å². The second-order valence-corrected chi connectivity index (χ2v) is 5.31. The summed E-state index contributed by atoms with van der Waals surface area (Å²) in [6, 6.07) is 3.49. The van der Waals surface area contributed by atoms with Gasteiger partial charge >= 0.3 is 0 Å². The molecule has 22 heavy (non-hydrogen) atoms. The average Bonchev–Trinajstić information content (AvgIpc) is 3.11. The molecule has 0 saturated carbocycles. The first kappa shape index (κ1) is 17.4. The van der Waals surface area contributed by atoms with Crippen LogP contribution in [0.1, 0.15) is 11.9 Å². The predicted molar refractivity (Wildman–Crippen MR) is 76.6 cm³/mol. The molecular weight excluding hydrogens is 292 g/mol. The van der Waals surface area contributed by atoms with Gasteiger partial charge in [0.2, 0.25) is 0 Å². The molecule has 0 aromatic carbocycles. The first-order valence-corrected chi connectivity index (χ1v) is 7.07. The first-order valence-electron chi connectivity index (χ1n) is 7.07. The lowest BCUT2D eigenvalue weighted by Crippen LogP contribution is -2.52. The smallest absolute Gasteiger partial charge is 0.150 e. The Morgan fingerprint density at radius 1 is 1.27 bits per heavy atom. The third-order valence-corrected chi connectivity index (χ3v) is 3.97. The van der Waals surface area contributed by atoms with Gasteiger partial charge < -0.3 is 33.2 Å². The molecule has 1 N–H and O–H groups in total. The molecule has 1 aliphatic heterocycles. The summed E-state index contributed by atoms with van der Waals surface area (Å²) in [6.45, 7) is 0.353. The van der Waals surface area contributed by atoms with Crippen molar-refractivity contribution in [3.05, 3.63) is 24.2 Å². The molecule has 0 amide bonds. The Hall–Kier alpha value is -0.960. The quantitative estimate of drug-likeness (QED) is 0.759. The molecule has 1 fully saturated rings. The number of methoxy groups -OCH3 is 4. The molecule has 1 aromatic heterocycles. The second-order valence-electron chi connectivity index (χ2n) is 5.31. The molecule has 126 valence electrons. The Labute approximate surface area is 130 Å². The van der Waals surface area contributed by atoms with E-state index >= 15 is 0 Å². The zero-order chi connectivity index (χ0) is 16.2.